The van der Waals surface area contributed by atoms with Crippen molar-refractivity contribution in [2.24, 2.45) is 0 Å². The van der Waals surface area contributed by atoms with Gasteiger partial charge in [0.15, 0.2) is 0 Å². The highest BCUT2D eigenvalue weighted by Gasteiger charge is 2.14. The quantitative estimate of drug-likeness (QED) is 0.460. The fraction of sp³-hybridized carbons (Fsp3) is 0.217. The molecule has 0 unspecified atom stereocenters. The Hall–Kier alpha value is -3.12. The summed E-state index contributed by atoms with van der Waals surface area (Å²) >= 11 is 1.50. The second-order valence-electron chi connectivity index (χ2n) is 6.90. The Labute approximate surface area is 173 Å². The first-order valence-corrected chi connectivity index (χ1v) is 10.3. The zero-order chi connectivity index (χ0) is 20.4. The zero-order valence-corrected chi connectivity index (χ0v) is 17.5. The molecule has 5 nitrogen and oxygen atoms in total. The van der Waals surface area contributed by atoms with Crippen LogP contribution in [0, 0.1) is 13.8 Å². The molecule has 0 fully saturated rings. The van der Waals surface area contributed by atoms with Gasteiger partial charge in [0, 0.05) is 10.9 Å². The Morgan fingerprint density at radius 1 is 1.03 bits per heavy atom. The molecule has 4 aromatic rings. The topological polar surface area (TPSA) is 53.4 Å². The number of hydrogen-bond donors (Lipinski definition) is 0. The number of thiophene rings is 1. The summed E-state index contributed by atoms with van der Waals surface area (Å²) in [4.78, 5) is 18.4. The van der Waals surface area contributed by atoms with E-state index in [1.807, 2.05) is 29.6 Å². The number of aryl methyl sites for hydroxylation is 2. The van der Waals surface area contributed by atoms with E-state index in [9.17, 15) is 4.79 Å². The molecule has 2 heterocycles. The van der Waals surface area contributed by atoms with Crippen molar-refractivity contribution in [2.75, 3.05) is 13.7 Å². The first-order valence-electron chi connectivity index (χ1n) is 9.38. The summed E-state index contributed by atoms with van der Waals surface area (Å²) in [7, 11) is 1.63. The summed E-state index contributed by atoms with van der Waals surface area (Å²) < 4.78 is 12.5. The van der Waals surface area contributed by atoms with Crippen LogP contribution in [0.25, 0.3) is 21.3 Å². The number of rotatable bonds is 6. The van der Waals surface area contributed by atoms with Crippen LogP contribution in [-0.2, 0) is 6.54 Å². The van der Waals surface area contributed by atoms with Gasteiger partial charge in [0.1, 0.15) is 22.9 Å². The van der Waals surface area contributed by atoms with Crippen molar-refractivity contribution in [3.63, 3.8) is 0 Å². The molecule has 0 atom stereocenters. The summed E-state index contributed by atoms with van der Waals surface area (Å²) in [6.07, 6.45) is 1.60. The Bertz CT molecular complexity index is 1210. The lowest BCUT2D eigenvalue weighted by molar-refractivity contribution is 0.295. The smallest absolute Gasteiger partial charge is 0.262 e. The van der Waals surface area contributed by atoms with Crippen LogP contribution >= 0.6 is 11.3 Å². The van der Waals surface area contributed by atoms with Crippen molar-refractivity contribution in [3.8, 4) is 22.6 Å². The number of nitrogens with zero attached hydrogens (tertiary/aromatic N) is 2. The maximum atomic E-state index is 13.1. The van der Waals surface area contributed by atoms with E-state index in [1.54, 1.807) is 18.0 Å². The molecule has 6 heteroatoms. The Balaban J connectivity index is 1.58. The molecule has 0 bridgehead atoms. The largest absolute Gasteiger partial charge is 0.497 e. The Morgan fingerprint density at radius 3 is 2.52 bits per heavy atom. The van der Waals surface area contributed by atoms with E-state index in [1.165, 1.54) is 22.5 Å². The van der Waals surface area contributed by atoms with Crippen molar-refractivity contribution in [3.05, 3.63) is 75.7 Å². The zero-order valence-electron chi connectivity index (χ0n) is 16.6. The number of methoxy groups -OCH3 is 1. The molecule has 0 amide bonds. The van der Waals surface area contributed by atoms with Crippen LogP contribution in [0.4, 0.5) is 0 Å². The van der Waals surface area contributed by atoms with Gasteiger partial charge in [-0.1, -0.05) is 18.2 Å². The third-order valence-electron chi connectivity index (χ3n) is 5.04. The molecule has 4 rings (SSSR count). The summed E-state index contributed by atoms with van der Waals surface area (Å²) in [6, 6.07) is 13.7. The van der Waals surface area contributed by atoms with E-state index in [2.05, 4.69) is 37.0 Å². The number of fused-ring (bicyclic) bond motifs is 1. The van der Waals surface area contributed by atoms with Gasteiger partial charge in [-0.2, -0.15) is 0 Å². The molecular weight excluding hydrogens is 384 g/mol. The number of benzene rings is 2. The molecule has 0 aliphatic carbocycles. The molecule has 0 radical (unpaired) electrons. The fourth-order valence-corrected chi connectivity index (χ4v) is 4.09. The van der Waals surface area contributed by atoms with Crippen LogP contribution in [0.15, 0.2) is 59.0 Å². The fourth-order valence-electron chi connectivity index (χ4n) is 3.18. The van der Waals surface area contributed by atoms with Crippen LogP contribution in [-0.4, -0.2) is 23.3 Å². The first-order chi connectivity index (χ1) is 14.1. The highest BCUT2D eigenvalue weighted by atomic mass is 32.1. The van der Waals surface area contributed by atoms with Gasteiger partial charge in [0.2, 0.25) is 0 Å². The Kier molecular flexibility index (Phi) is 5.36. The lowest BCUT2D eigenvalue weighted by Gasteiger charge is -2.09. The minimum atomic E-state index is -0.0391. The van der Waals surface area contributed by atoms with E-state index in [4.69, 9.17) is 9.47 Å². The Morgan fingerprint density at radius 2 is 1.79 bits per heavy atom. The molecule has 2 aromatic carbocycles. The summed E-state index contributed by atoms with van der Waals surface area (Å²) in [5.41, 5.74) is 4.39. The van der Waals surface area contributed by atoms with Crippen LogP contribution in [0.1, 0.15) is 11.1 Å². The molecule has 0 saturated carbocycles. The van der Waals surface area contributed by atoms with E-state index in [-0.39, 0.29) is 5.56 Å². The van der Waals surface area contributed by atoms with Gasteiger partial charge in [-0.25, -0.2) is 4.98 Å². The lowest BCUT2D eigenvalue weighted by Crippen LogP contribution is -2.23. The molecule has 0 aliphatic heterocycles. The van der Waals surface area contributed by atoms with Crippen LogP contribution < -0.4 is 15.0 Å². The lowest BCUT2D eigenvalue weighted by atomic mass is 10.0. The summed E-state index contributed by atoms with van der Waals surface area (Å²) in [5.74, 6) is 1.51. The third kappa shape index (κ3) is 3.89. The standard InChI is InChI=1S/C23H22N2O3S/c1-15-4-5-17(12-16(15)2)20-13-29-22-21(20)23(26)25(14-24-22)10-11-28-19-8-6-18(27-3)7-9-19/h4-9,12-14H,10-11H2,1-3H3. The van der Waals surface area contributed by atoms with Crippen molar-refractivity contribution in [1.29, 1.82) is 0 Å². The number of hydrogen-bond acceptors (Lipinski definition) is 5. The predicted molar refractivity (Wildman–Crippen MR) is 117 cm³/mol. The van der Waals surface area contributed by atoms with E-state index < -0.39 is 0 Å². The SMILES string of the molecule is COc1ccc(OCCn2cnc3scc(-c4ccc(C)c(C)c4)c3c2=O)cc1. The van der Waals surface area contributed by atoms with Crippen molar-refractivity contribution >= 4 is 21.6 Å². The minimum Gasteiger partial charge on any atom is -0.497 e. The minimum absolute atomic E-state index is 0.0391. The molecule has 29 heavy (non-hydrogen) atoms. The van der Waals surface area contributed by atoms with Gasteiger partial charge in [0.05, 0.1) is 25.4 Å². The average Bonchev–Trinajstić information content (AvgIpc) is 3.17. The van der Waals surface area contributed by atoms with E-state index in [0.29, 0.717) is 18.5 Å². The van der Waals surface area contributed by atoms with Crippen molar-refractivity contribution < 1.29 is 9.47 Å². The maximum Gasteiger partial charge on any atom is 0.262 e. The van der Waals surface area contributed by atoms with Gasteiger partial charge >= 0.3 is 0 Å². The van der Waals surface area contributed by atoms with Crippen LogP contribution in [0.3, 0.4) is 0 Å². The first kappa shape index (κ1) is 19.2. The third-order valence-corrected chi connectivity index (χ3v) is 5.93. The summed E-state index contributed by atoms with van der Waals surface area (Å²) in [6.45, 7) is 4.97. The second kappa shape index (κ2) is 8.09. The highest BCUT2D eigenvalue weighted by molar-refractivity contribution is 7.17. The highest BCUT2D eigenvalue weighted by Crippen LogP contribution is 2.31. The van der Waals surface area contributed by atoms with Crippen LogP contribution in [0.2, 0.25) is 0 Å². The molecule has 2 aromatic heterocycles. The molecule has 0 saturated heterocycles. The maximum absolute atomic E-state index is 13.1. The number of aromatic nitrogens is 2. The van der Waals surface area contributed by atoms with Gasteiger partial charge in [-0.15, -0.1) is 11.3 Å². The molecule has 0 aliphatic rings. The van der Waals surface area contributed by atoms with Gasteiger partial charge < -0.3 is 9.47 Å². The molecule has 148 valence electrons. The monoisotopic (exact) mass is 406 g/mol. The van der Waals surface area contributed by atoms with Crippen molar-refractivity contribution in [1.82, 2.24) is 9.55 Å². The molecular formula is C23H22N2O3S. The number of ether oxygens (including phenoxy) is 2. The van der Waals surface area contributed by atoms with E-state index in [0.717, 1.165) is 27.5 Å². The second-order valence-corrected chi connectivity index (χ2v) is 7.75. The van der Waals surface area contributed by atoms with E-state index >= 15 is 0 Å². The van der Waals surface area contributed by atoms with Gasteiger partial charge in [0.25, 0.3) is 5.56 Å². The van der Waals surface area contributed by atoms with Crippen LogP contribution in [0.5, 0.6) is 11.5 Å². The molecule has 0 N–H and O–H groups in total. The summed E-state index contributed by atoms with van der Waals surface area (Å²) in [5, 5.41) is 2.69. The molecule has 0 spiro atoms. The predicted octanol–water partition coefficient (Wildman–Crippen LogP) is 4.83. The van der Waals surface area contributed by atoms with Gasteiger partial charge in [-0.3, -0.25) is 9.36 Å². The van der Waals surface area contributed by atoms with Gasteiger partial charge in [-0.05, 0) is 54.8 Å². The average molecular weight is 407 g/mol. The normalized spacial score (nSPS) is 11.0. The van der Waals surface area contributed by atoms with Crippen molar-refractivity contribution in [2.45, 2.75) is 20.4 Å².